The van der Waals surface area contributed by atoms with E-state index in [2.05, 4.69) is 49.8 Å². The zero-order chi connectivity index (χ0) is 74.2. The Morgan fingerprint density at radius 3 is 1.31 bits per heavy atom. The number of Topliss-reactive ketones (excluding diaryl/α,β-unsaturated/α-hetero) is 2. The third kappa shape index (κ3) is 40.4. The third-order valence-corrected chi connectivity index (χ3v) is 14.5. The number of thiol groups is 1. The molecule has 1 unspecified atom stereocenters. The van der Waals surface area contributed by atoms with Gasteiger partial charge in [0.1, 0.15) is 44.2 Å². The first kappa shape index (κ1) is 87.4. The summed E-state index contributed by atoms with van der Waals surface area (Å²) in [5.41, 5.74) is 32.2. The van der Waals surface area contributed by atoms with E-state index in [4.69, 9.17) is 34.4 Å². The second kappa shape index (κ2) is 46.5. The molecule has 0 radical (unpaired) electrons. The topological polar surface area (TPSA) is 621 Å². The lowest BCUT2D eigenvalue weighted by molar-refractivity contribution is -0.141. The molecule has 97 heavy (non-hydrogen) atoms. The van der Waals surface area contributed by atoms with Gasteiger partial charge in [-0.2, -0.15) is 0 Å². The van der Waals surface area contributed by atoms with Crippen LogP contribution in [0, 0.1) is 11.8 Å². The molecule has 21 N–H and O–H groups in total. The number of carbonyl (C=O) groups excluding carboxylic acids is 18. The molecule has 0 heterocycles. The number of primary amides is 5. The molecule has 0 aliphatic carbocycles. The van der Waals surface area contributed by atoms with Gasteiger partial charge < -0.3 is 106 Å². The van der Waals surface area contributed by atoms with Crippen molar-refractivity contribution in [2.75, 3.05) is 85.1 Å². The SMILES string of the molecule is CCC(C)C(=O)[C@@H](CN(CC(=O)N[C@@H](CCC(N)=O)CN(C=O)CC(=O)N[C@@H](CCC(N)=O)CN(CC(=O)N[C@@H](CCC(C)C)CN(CC(=O)N[C@@H](CO)CN(CC(=O)N[C@H](CN)CCC(C)=O)C(=O)S)C(=O)O)C(=O)CC(N)=O)C(=O)CC(N)=O)NC(=O)CNC(=O)CC(N)=O. The van der Waals surface area contributed by atoms with Gasteiger partial charge in [0, 0.05) is 88.6 Å². The molecule has 0 saturated carbocycles. The fourth-order valence-corrected chi connectivity index (χ4v) is 9.26. The Balaban J connectivity index is 6.77. The van der Waals surface area contributed by atoms with Gasteiger partial charge in [0.2, 0.25) is 89.1 Å². The summed E-state index contributed by atoms with van der Waals surface area (Å²) >= 11 is 3.79. The highest BCUT2D eigenvalue weighted by Crippen LogP contribution is 2.13. The summed E-state index contributed by atoms with van der Waals surface area (Å²) in [6, 6.07) is -7.12. The lowest BCUT2D eigenvalue weighted by atomic mass is 9.96. The minimum atomic E-state index is -1.65. The molecule has 39 nitrogen and oxygen atoms in total. The smallest absolute Gasteiger partial charge is 0.407 e. The summed E-state index contributed by atoms with van der Waals surface area (Å²) in [5, 5.41) is 36.6. The maximum Gasteiger partial charge on any atom is 0.407 e. The second-order valence-electron chi connectivity index (χ2n) is 23.4. The largest absolute Gasteiger partial charge is 0.465 e. The van der Waals surface area contributed by atoms with Crippen molar-refractivity contribution < 1.29 is 101 Å². The number of carboxylic acid groups (broad SMARTS) is 1. The molecule has 7 atom stereocenters. The highest BCUT2D eigenvalue weighted by Gasteiger charge is 2.33. The Kier molecular flexibility index (Phi) is 41.9. The molecular formula is C57H96N18O21S. The first-order valence-electron chi connectivity index (χ1n) is 30.8. The molecular weight excluding hydrogens is 1300 g/mol. The normalized spacial score (nSPS) is 13.0. The summed E-state index contributed by atoms with van der Waals surface area (Å²) in [6.45, 7) is -0.715. The number of nitrogens with one attached hydrogen (secondary N) is 7. The third-order valence-electron chi connectivity index (χ3n) is 14.2. The van der Waals surface area contributed by atoms with Crippen molar-refractivity contribution >= 4 is 125 Å². The molecule has 0 aromatic heterocycles. The number of amides is 17. The molecule has 0 aromatic rings. The van der Waals surface area contributed by atoms with Gasteiger partial charge in [0.25, 0.3) is 5.24 Å². The minimum Gasteiger partial charge on any atom is -0.465 e. The van der Waals surface area contributed by atoms with Gasteiger partial charge in [-0.25, -0.2) is 4.79 Å². The molecule has 0 spiro atoms. The van der Waals surface area contributed by atoms with Gasteiger partial charge in [-0.15, -0.1) is 0 Å². The first-order chi connectivity index (χ1) is 45.3. The fourth-order valence-electron chi connectivity index (χ4n) is 9.11. The zero-order valence-corrected chi connectivity index (χ0v) is 56.1. The molecule has 546 valence electrons. The number of rotatable bonds is 52. The van der Waals surface area contributed by atoms with E-state index in [1.165, 1.54) is 13.8 Å². The summed E-state index contributed by atoms with van der Waals surface area (Å²) < 4.78 is 0. The van der Waals surface area contributed by atoms with Crippen LogP contribution in [0.4, 0.5) is 9.59 Å². The summed E-state index contributed by atoms with van der Waals surface area (Å²) in [5.74, 6) is -15.5. The molecule has 0 fully saturated rings. The quantitative estimate of drug-likeness (QED) is 0.0153. The van der Waals surface area contributed by atoms with Crippen LogP contribution in [0.1, 0.15) is 112 Å². The van der Waals surface area contributed by atoms with Gasteiger partial charge in [-0.3, -0.25) is 86.4 Å². The second-order valence-corrected chi connectivity index (χ2v) is 23.8. The van der Waals surface area contributed by atoms with Crippen LogP contribution in [0.3, 0.4) is 0 Å². The number of hydrogen-bond acceptors (Lipinski definition) is 21. The van der Waals surface area contributed by atoms with Crippen LogP contribution in [-0.4, -0.2) is 268 Å². The van der Waals surface area contributed by atoms with Gasteiger partial charge in [0.05, 0.1) is 38.8 Å². The average molecular weight is 1400 g/mol. The molecule has 0 aliphatic rings. The van der Waals surface area contributed by atoms with Gasteiger partial charge in [0.15, 0.2) is 5.78 Å². The van der Waals surface area contributed by atoms with Crippen molar-refractivity contribution in [1.82, 2.24) is 61.7 Å². The Hall–Kier alpha value is -9.60. The Morgan fingerprint density at radius 2 is 0.887 bits per heavy atom. The zero-order valence-electron chi connectivity index (χ0n) is 55.2. The van der Waals surface area contributed by atoms with E-state index in [1.807, 2.05) is 13.8 Å². The monoisotopic (exact) mass is 1400 g/mol. The maximum absolute atomic E-state index is 14.0. The number of aliphatic hydroxyl groups is 1. The van der Waals surface area contributed by atoms with Gasteiger partial charge in [-0.1, -0.05) is 40.3 Å². The van der Waals surface area contributed by atoms with E-state index in [9.17, 15) is 101 Å². The average Bonchev–Trinajstić information content (AvgIpc) is 0.908. The predicted molar refractivity (Wildman–Crippen MR) is 344 cm³/mol. The van der Waals surface area contributed by atoms with E-state index >= 15 is 0 Å². The van der Waals surface area contributed by atoms with E-state index in [0.717, 1.165) is 14.7 Å². The van der Waals surface area contributed by atoms with E-state index in [1.54, 1.807) is 6.92 Å². The summed E-state index contributed by atoms with van der Waals surface area (Å²) in [7, 11) is 0. The summed E-state index contributed by atoms with van der Waals surface area (Å²) in [6.07, 6.45) is -4.79. The van der Waals surface area contributed by atoms with Crippen LogP contribution in [-0.2, 0) is 81.5 Å². The lowest BCUT2D eigenvalue weighted by Gasteiger charge is -2.31. The highest BCUT2D eigenvalue weighted by molar-refractivity contribution is 7.96. The van der Waals surface area contributed by atoms with Crippen molar-refractivity contribution in [3.63, 3.8) is 0 Å². The van der Waals surface area contributed by atoms with Crippen LogP contribution in [0.2, 0.25) is 0 Å². The van der Waals surface area contributed by atoms with Crippen LogP contribution < -0.4 is 71.6 Å². The first-order valence-corrected chi connectivity index (χ1v) is 31.2. The number of nitrogens with two attached hydrogens (primary N) is 6. The number of nitrogens with zero attached hydrogens (tertiary/aromatic N) is 5. The minimum absolute atomic E-state index is 0.0316. The molecule has 0 aromatic carbocycles. The highest BCUT2D eigenvalue weighted by atomic mass is 32.1. The van der Waals surface area contributed by atoms with Crippen LogP contribution in [0.15, 0.2) is 0 Å². The van der Waals surface area contributed by atoms with Crippen molar-refractivity contribution in [2.24, 2.45) is 46.2 Å². The lowest BCUT2D eigenvalue weighted by Crippen LogP contribution is -2.56. The van der Waals surface area contributed by atoms with Crippen molar-refractivity contribution in [2.45, 2.75) is 148 Å². The van der Waals surface area contributed by atoms with Crippen molar-refractivity contribution in [1.29, 1.82) is 0 Å². The molecule has 17 amide bonds. The van der Waals surface area contributed by atoms with E-state index in [-0.39, 0.29) is 63.2 Å². The molecule has 0 bridgehead atoms. The Morgan fingerprint density at radius 1 is 0.474 bits per heavy atom. The molecule has 40 heteroatoms. The maximum atomic E-state index is 14.0. The molecule has 0 rings (SSSR count). The van der Waals surface area contributed by atoms with Crippen molar-refractivity contribution in [3.8, 4) is 0 Å². The van der Waals surface area contributed by atoms with Gasteiger partial charge in [-0.05, 0) is 51.4 Å². The fraction of sp³-hybridized carbons (Fsp3) is 0.667. The molecule has 0 saturated heterocycles. The standard InChI is InChI=1S/C57H96N18O21S/c1-6-33(4)55(93)40(70-47(85)19-64-46(84)15-43(61)81)24-73(54(92)17-45(63)83)27-50(88)66-36(11-13-41(59)79)20-71(31-77)25-48(86)67-38(12-14-42(60)80)21-72(53(91)16-44(62)82)26-49(87)68-37(9-7-32(2)3)22-74(56(94)95)28-51(89)69-39(30-76)23-75(57(96)97)29-52(90)65-35(18-58)10-8-34(5)78/h31-33,35-40,76H,6-30,58H2,1-5H3,(H2,59,79)(H2,60,80)(H2,61,81)(H2,62,82)(H2,63,83)(H,64,84)(H,65,90)(H,66,88)(H,67,86)(H,68,87)(H,69,89)(H,70,85)(H,94,95)(H,96,97)/t33?,35-,36-,37-,38-,39+,40+/m0/s1. The number of ketones is 2. The summed E-state index contributed by atoms with van der Waals surface area (Å²) in [4.78, 5) is 245. The van der Waals surface area contributed by atoms with Crippen LogP contribution in [0.25, 0.3) is 0 Å². The van der Waals surface area contributed by atoms with Crippen LogP contribution in [0.5, 0.6) is 0 Å². The van der Waals surface area contributed by atoms with Crippen molar-refractivity contribution in [3.05, 3.63) is 0 Å². The predicted octanol–water partition coefficient (Wildman–Crippen LogP) is -8.01. The van der Waals surface area contributed by atoms with E-state index in [0.29, 0.717) is 16.2 Å². The van der Waals surface area contributed by atoms with Gasteiger partial charge >= 0.3 is 6.09 Å². The molecule has 0 aliphatic heterocycles. The number of aliphatic hydroxyl groups excluding tert-OH is 1. The Bertz CT molecular complexity index is 2800. The Labute approximate surface area is 565 Å². The number of hydrogen-bond donors (Lipinski definition) is 16. The van der Waals surface area contributed by atoms with E-state index < -0.39 is 253 Å². The van der Waals surface area contributed by atoms with Crippen LogP contribution >= 0.6 is 12.6 Å². The number of carbonyl (C=O) groups is 19.